The summed E-state index contributed by atoms with van der Waals surface area (Å²) in [4.78, 5) is 10.4. The van der Waals surface area contributed by atoms with Crippen LogP contribution in [0, 0.1) is 0 Å². The molecule has 0 aliphatic carbocycles. The normalized spacial score (nSPS) is 10.1. The van der Waals surface area contributed by atoms with Crippen molar-refractivity contribution in [2.45, 2.75) is 6.61 Å². The van der Waals surface area contributed by atoms with Gasteiger partial charge in [-0.2, -0.15) is 8.78 Å². The van der Waals surface area contributed by atoms with Crippen LogP contribution in [0.25, 0.3) is 0 Å². The Kier molecular flexibility index (Phi) is 3.84. The molecule has 0 saturated heterocycles. The lowest BCUT2D eigenvalue weighted by atomic mass is 10.3. The van der Waals surface area contributed by atoms with Crippen molar-refractivity contribution >= 4 is 5.91 Å². The second kappa shape index (κ2) is 5.14. The Hall–Kier alpha value is -1.85. The van der Waals surface area contributed by atoms with Gasteiger partial charge in [-0.15, -0.1) is 0 Å². The summed E-state index contributed by atoms with van der Waals surface area (Å²) in [7, 11) is 0. The third-order valence-corrected chi connectivity index (χ3v) is 1.41. The molecule has 0 unspecified atom stereocenters. The van der Waals surface area contributed by atoms with E-state index in [1.54, 1.807) is 0 Å². The number of benzene rings is 1. The lowest BCUT2D eigenvalue weighted by Crippen LogP contribution is -2.20. The van der Waals surface area contributed by atoms with Crippen molar-refractivity contribution in [3.63, 3.8) is 0 Å². The lowest BCUT2D eigenvalue weighted by Gasteiger charge is -2.07. The number of alkyl halides is 2. The molecule has 2 N–H and O–H groups in total. The van der Waals surface area contributed by atoms with Crippen LogP contribution in [0.15, 0.2) is 24.3 Å². The first-order chi connectivity index (χ1) is 7.08. The second-order valence-corrected chi connectivity index (χ2v) is 2.61. The zero-order valence-corrected chi connectivity index (χ0v) is 7.65. The molecule has 82 valence electrons. The Morgan fingerprint density at radius 1 is 1.40 bits per heavy atom. The highest BCUT2D eigenvalue weighted by molar-refractivity contribution is 5.75. The van der Waals surface area contributed by atoms with E-state index in [0.717, 1.165) is 0 Å². The van der Waals surface area contributed by atoms with Gasteiger partial charge in [-0.1, -0.05) is 6.07 Å². The lowest BCUT2D eigenvalue weighted by molar-refractivity contribution is -0.119. The Balaban J connectivity index is 2.61. The average Bonchev–Trinajstić information content (AvgIpc) is 2.14. The maximum absolute atomic E-state index is 11.8. The van der Waals surface area contributed by atoms with E-state index in [1.165, 1.54) is 24.3 Å². The molecule has 1 amide bonds. The number of carbonyl (C=O) groups excluding carboxylic acids is 1. The Bertz CT molecular complexity index is 344. The van der Waals surface area contributed by atoms with E-state index >= 15 is 0 Å². The van der Waals surface area contributed by atoms with Crippen LogP contribution in [0.3, 0.4) is 0 Å². The Morgan fingerprint density at radius 3 is 2.67 bits per heavy atom. The van der Waals surface area contributed by atoms with Crippen LogP contribution >= 0.6 is 0 Å². The number of ether oxygens (including phenoxy) is 2. The van der Waals surface area contributed by atoms with E-state index in [4.69, 9.17) is 10.5 Å². The average molecular weight is 217 g/mol. The number of nitrogens with two attached hydrogens (primary N) is 1. The monoisotopic (exact) mass is 217 g/mol. The summed E-state index contributed by atoms with van der Waals surface area (Å²) in [6, 6.07) is 5.56. The van der Waals surface area contributed by atoms with Gasteiger partial charge in [0.1, 0.15) is 11.5 Å². The van der Waals surface area contributed by atoms with Crippen molar-refractivity contribution in [3.05, 3.63) is 24.3 Å². The third-order valence-electron chi connectivity index (χ3n) is 1.41. The van der Waals surface area contributed by atoms with Crippen LogP contribution < -0.4 is 15.2 Å². The quantitative estimate of drug-likeness (QED) is 0.804. The van der Waals surface area contributed by atoms with E-state index in [0.29, 0.717) is 0 Å². The first-order valence-corrected chi connectivity index (χ1v) is 4.04. The van der Waals surface area contributed by atoms with Crippen LogP contribution in [0.2, 0.25) is 0 Å². The summed E-state index contributed by atoms with van der Waals surface area (Å²) >= 11 is 0. The fourth-order valence-electron chi connectivity index (χ4n) is 0.895. The fraction of sp³-hybridized carbons (Fsp3) is 0.222. The molecule has 1 aromatic carbocycles. The van der Waals surface area contributed by atoms with Crippen molar-refractivity contribution in [1.29, 1.82) is 0 Å². The summed E-state index contributed by atoms with van der Waals surface area (Å²) in [6.45, 7) is -3.20. The van der Waals surface area contributed by atoms with E-state index < -0.39 is 12.5 Å². The predicted molar refractivity (Wildman–Crippen MR) is 47.8 cm³/mol. The summed E-state index contributed by atoms with van der Waals surface area (Å²) < 4.78 is 32.7. The Labute approximate surface area is 84.6 Å². The molecule has 1 aromatic rings. The Morgan fingerprint density at radius 2 is 2.07 bits per heavy atom. The van der Waals surface area contributed by atoms with Crippen LogP contribution in [0.1, 0.15) is 0 Å². The topological polar surface area (TPSA) is 61.6 Å². The molecule has 0 heterocycles. The van der Waals surface area contributed by atoms with Gasteiger partial charge in [0.15, 0.2) is 6.61 Å². The molecule has 0 fully saturated rings. The SMILES string of the molecule is NC(=O)COc1cccc(OC(F)F)c1. The van der Waals surface area contributed by atoms with Crippen molar-refractivity contribution < 1.29 is 23.0 Å². The fourth-order valence-corrected chi connectivity index (χ4v) is 0.895. The minimum atomic E-state index is -2.89. The number of rotatable bonds is 5. The van der Waals surface area contributed by atoms with Crippen LogP contribution in [-0.2, 0) is 4.79 Å². The van der Waals surface area contributed by atoms with Crippen molar-refractivity contribution in [3.8, 4) is 11.5 Å². The summed E-state index contributed by atoms with van der Waals surface area (Å²) in [5.41, 5.74) is 4.84. The maximum atomic E-state index is 11.8. The van der Waals surface area contributed by atoms with Crippen LogP contribution in [-0.4, -0.2) is 19.1 Å². The molecule has 0 spiro atoms. The van der Waals surface area contributed by atoms with Gasteiger partial charge >= 0.3 is 6.61 Å². The molecular weight excluding hydrogens is 208 g/mol. The zero-order chi connectivity index (χ0) is 11.3. The van der Waals surface area contributed by atoms with Gasteiger partial charge in [0.2, 0.25) is 0 Å². The van der Waals surface area contributed by atoms with Gasteiger partial charge < -0.3 is 15.2 Å². The van der Waals surface area contributed by atoms with Gasteiger partial charge in [0.05, 0.1) is 0 Å². The minimum Gasteiger partial charge on any atom is -0.484 e. The number of hydrogen-bond donors (Lipinski definition) is 1. The highest BCUT2D eigenvalue weighted by atomic mass is 19.3. The third kappa shape index (κ3) is 4.26. The van der Waals surface area contributed by atoms with Crippen molar-refractivity contribution in [2.75, 3.05) is 6.61 Å². The minimum absolute atomic E-state index is 0.0352. The van der Waals surface area contributed by atoms with Crippen LogP contribution in [0.5, 0.6) is 11.5 Å². The molecular formula is C9H9F2NO3. The number of amides is 1. The van der Waals surface area contributed by atoms with E-state index in [2.05, 4.69) is 4.74 Å². The molecule has 0 aromatic heterocycles. The number of hydrogen-bond acceptors (Lipinski definition) is 3. The summed E-state index contributed by atoms with van der Waals surface area (Å²) in [5.74, 6) is -0.436. The van der Waals surface area contributed by atoms with Crippen molar-refractivity contribution in [1.82, 2.24) is 0 Å². The highest BCUT2D eigenvalue weighted by Crippen LogP contribution is 2.20. The molecule has 1 rings (SSSR count). The molecule has 15 heavy (non-hydrogen) atoms. The summed E-state index contributed by atoms with van der Waals surface area (Å²) in [6.07, 6.45) is 0. The number of halogens is 2. The van der Waals surface area contributed by atoms with E-state index in [-0.39, 0.29) is 18.1 Å². The molecule has 4 nitrogen and oxygen atoms in total. The van der Waals surface area contributed by atoms with E-state index in [1.807, 2.05) is 0 Å². The van der Waals surface area contributed by atoms with Crippen LogP contribution in [0.4, 0.5) is 8.78 Å². The first kappa shape index (κ1) is 11.2. The predicted octanol–water partition coefficient (Wildman–Crippen LogP) is 1.15. The maximum Gasteiger partial charge on any atom is 0.387 e. The van der Waals surface area contributed by atoms with Gasteiger partial charge in [-0.05, 0) is 12.1 Å². The van der Waals surface area contributed by atoms with Crippen molar-refractivity contribution in [2.24, 2.45) is 5.73 Å². The standard InChI is InChI=1S/C9H9F2NO3/c10-9(11)15-7-3-1-2-6(4-7)14-5-8(12)13/h1-4,9H,5H2,(H2,12,13). The molecule has 0 aliphatic heterocycles. The smallest absolute Gasteiger partial charge is 0.387 e. The van der Waals surface area contributed by atoms with E-state index in [9.17, 15) is 13.6 Å². The van der Waals surface area contributed by atoms with Gasteiger partial charge in [0.25, 0.3) is 5.91 Å². The molecule has 0 aliphatic rings. The largest absolute Gasteiger partial charge is 0.484 e. The number of carbonyl (C=O) groups is 1. The molecule has 0 radical (unpaired) electrons. The van der Waals surface area contributed by atoms with Gasteiger partial charge in [-0.3, -0.25) is 4.79 Å². The first-order valence-electron chi connectivity index (χ1n) is 4.04. The molecule has 6 heteroatoms. The zero-order valence-electron chi connectivity index (χ0n) is 7.65. The molecule has 0 saturated carbocycles. The van der Waals surface area contributed by atoms with Gasteiger partial charge in [0, 0.05) is 6.07 Å². The van der Waals surface area contributed by atoms with Gasteiger partial charge in [-0.25, -0.2) is 0 Å². The molecule has 0 bridgehead atoms. The summed E-state index contributed by atoms with van der Waals surface area (Å²) in [5, 5.41) is 0. The number of primary amides is 1. The second-order valence-electron chi connectivity index (χ2n) is 2.61. The molecule has 0 atom stereocenters. The highest BCUT2D eigenvalue weighted by Gasteiger charge is 2.05.